The Kier molecular flexibility index (Phi) is 5.53. The largest absolute Gasteiger partial charge is 0.478 e. The minimum atomic E-state index is -1.09. The van der Waals surface area contributed by atoms with E-state index in [9.17, 15) is 14.7 Å². The molecule has 6 nitrogen and oxygen atoms in total. The van der Waals surface area contributed by atoms with Crippen LogP contribution in [0.4, 0.5) is 11.4 Å². The van der Waals surface area contributed by atoms with Crippen LogP contribution in [0.5, 0.6) is 0 Å². The van der Waals surface area contributed by atoms with Crippen molar-refractivity contribution in [2.75, 3.05) is 23.8 Å². The zero-order valence-electron chi connectivity index (χ0n) is 13.2. The first kappa shape index (κ1) is 17.0. The summed E-state index contributed by atoms with van der Waals surface area (Å²) in [6, 6.07) is 15.4. The quantitative estimate of drug-likeness (QED) is 0.852. The van der Waals surface area contributed by atoms with Gasteiger partial charge in [0.05, 0.1) is 23.7 Å². The summed E-state index contributed by atoms with van der Waals surface area (Å²) in [5, 5.41) is 20.8. The van der Waals surface area contributed by atoms with Gasteiger partial charge in [-0.05, 0) is 30.3 Å². The lowest BCUT2D eigenvalue weighted by atomic mass is 10.1. The molecule has 2 aromatic carbocycles. The molecule has 24 heavy (non-hydrogen) atoms. The summed E-state index contributed by atoms with van der Waals surface area (Å²) in [6.45, 7) is 0.423. The maximum atomic E-state index is 12.2. The van der Waals surface area contributed by atoms with E-state index in [4.69, 9.17) is 5.26 Å². The summed E-state index contributed by atoms with van der Waals surface area (Å²) in [5.41, 5.74) is 1.46. The first-order chi connectivity index (χ1) is 11.5. The maximum Gasteiger partial charge on any atom is 0.337 e. The van der Waals surface area contributed by atoms with Crippen LogP contribution in [0.1, 0.15) is 27.1 Å². The van der Waals surface area contributed by atoms with E-state index in [1.807, 2.05) is 12.1 Å². The summed E-state index contributed by atoms with van der Waals surface area (Å²) in [6.07, 6.45) is 0.294. The number of carbonyl (C=O) groups excluding carboxylic acids is 1. The van der Waals surface area contributed by atoms with Crippen molar-refractivity contribution in [1.29, 1.82) is 5.26 Å². The molecule has 0 unspecified atom stereocenters. The number of carboxylic acids is 1. The molecule has 0 aromatic heterocycles. The molecule has 1 amide bonds. The normalized spacial score (nSPS) is 9.83. The number of nitrogens with zero attached hydrogens (tertiary/aromatic N) is 2. The van der Waals surface area contributed by atoms with E-state index in [1.54, 1.807) is 48.3 Å². The molecule has 0 aliphatic carbocycles. The van der Waals surface area contributed by atoms with Gasteiger partial charge in [-0.15, -0.1) is 0 Å². The van der Waals surface area contributed by atoms with E-state index in [2.05, 4.69) is 5.32 Å². The van der Waals surface area contributed by atoms with Crippen LogP contribution in [0, 0.1) is 11.3 Å². The van der Waals surface area contributed by atoms with Gasteiger partial charge in [-0.25, -0.2) is 4.79 Å². The lowest BCUT2D eigenvalue weighted by Crippen LogP contribution is -2.21. The molecule has 0 atom stereocenters. The highest BCUT2D eigenvalue weighted by molar-refractivity contribution is 6.05. The standard InChI is InChI=1S/C18H17N3O3/c1-21(11-5-10-19)16-9-8-14(12-15(16)18(23)24)20-17(22)13-6-3-2-4-7-13/h2-4,6-9,12H,5,11H2,1H3,(H,20,22)(H,23,24). The Labute approximate surface area is 139 Å². The first-order valence-corrected chi connectivity index (χ1v) is 7.34. The summed E-state index contributed by atoms with van der Waals surface area (Å²) < 4.78 is 0. The van der Waals surface area contributed by atoms with Crippen molar-refractivity contribution < 1.29 is 14.7 Å². The Hall–Kier alpha value is -3.33. The molecular formula is C18H17N3O3. The average molecular weight is 323 g/mol. The van der Waals surface area contributed by atoms with Gasteiger partial charge in [0.2, 0.25) is 0 Å². The number of amides is 1. The molecule has 2 aromatic rings. The zero-order chi connectivity index (χ0) is 17.5. The Morgan fingerprint density at radius 2 is 1.92 bits per heavy atom. The molecule has 0 heterocycles. The lowest BCUT2D eigenvalue weighted by Gasteiger charge is -2.20. The number of nitrogens with one attached hydrogen (secondary N) is 1. The molecule has 0 aliphatic rings. The Bertz CT molecular complexity index is 782. The van der Waals surface area contributed by atoms with Crippen LogP contribution in [0.3, 0.4) is 0 Å². The summed E-state index contributed by atoms with van der Waals surface area (Å²) in [5.74, 6) is -1.40. The number of benzene rings is 2. The lowest BCUT2D eigenvalue weighted by molar-refractivity contribution is 0.0697. The molecule has 2 rings (SSSR count). The molecule has 0 radical (unpaired) electrons. The highest BCUT2D eigenvalue weighted by Gasteiger charge is 2.15. The fraction of sp³-hybridized carbons (Fsp3) is 0.167. The van der Waals surface area contributed by atoms with Gasteiger partial charge in [0, 0.05) is 24.8 Å². The second-order valence-electron chi connectivity index (χ2n) is 5.19. The average Bonchev–Trinajstić information content (AvgIpc) is 2.60. The van der Waals surface area contributed by atoms with Crippen LogP contribution in [0.2, 0.25) is 0 Å². The van der Waals surface area contributed by atoms with Crippen molar-refractivity contribution in [3.05, 3.63) is 59.7 Å². The number of anilines is 2. The van der Waals surface area contributed by atoms with Gasteiger partial charge in [-0.3, -0.25) is 4.79 Å². The molecular weight excluding hydrogens is 306 g/mol. The molecule has 0 saturated heterocycles. The third-order valence-corrected chi connectivity index (χ3v) is 3.49. The fourth-order valence-electron chi connectivity index (χ4n) is 2.25. The molecule has 122 valence electrons. The number of carboxylic acid groups (broad SMARTS) is 1. The van der Waals surface area contributed by atoms with E-state index in [-0.39, 0.29) is 11.5 Å². The van der Waals surface area contributed by atoms with Gasteiger partial charge in [-0.2, -0.15) is 5.26 Å². The van der Waals surface area contributed by atoms with E-state index >= 15 is 0 Å². The number of hydrogen-bond donors (Lipinski definition) is 2. The van der Waals surface area contributed by atoms with Crippen LogP contribution < -0.4 is 10.2 Å². The molecule has 2 N–H and O–H groups in total. The molecule has 0 bridgehead atoms. The van der Waals surface area contributed by atoms with E-state index in [0.717, 1.165) is 0 Å². The van der Waals surface area contributed by atoms with Crippen molar-refractivity contribution in [2.24, 2.45) is 0 Å². The fourth-order valence-corrected chi connectivity index (χ4v) is 2.25. The Morgan fingerprint density at radius 1 is 1.21 bits per heavy atom. The number of nitriles is 1. The van der Waals surface area contributed by atoms with E-state index in [1.165, 1.54) is 6.07 Å². The molecule has 0 aliphatic heterocycles. The van der Waals surface area contributed by atoms with Crippen LogP contribution in [-0.2, 0) is 0 Å². The van der Waals surface area contributed by atoms with Gasteiger partial charge < -0.3 is 15.3 Å². The number of aromatic carboxylic acids is 1. The van der Waals surface area contributed by atoms with E-state index < -0.39 is 5.97 Å². The third-order valence-electron chi connectivity index (χ3n) is 3.49. The molecule has 0 fully saturated rings. The van der Waals surface area contributed by atoms with Crippen molar-refractivity contribution in [3.63, 3.8) is 0 Å². The zero-order valence-corrected chi connectivity index (χ0v) is 13.2. The number of rotatable bonds is 6. The topological polar surface area (TPSA) is 93.4 Å². The van der Waals surface area contributed by atoms with Gasteiger partial charge in [0.1, 0.15) is 0 Å². The monoisotopic (exact) mass is 323 g/mol. The van der Waals surface area contributed by atoms with Crippen molar-refractivity contribution in [1.82, 2.24) is 0 Å². The highest BCUT2D eigenvalue weighted by atomic mass is 16.4. The first-order valence-electron chi connectivity index (χ1n) is 7.34. The van der Waals surface area contributed by atoms with Crippen LogP contribution >= 0.6 is 0 Å². The minimum Gasteiger partial charge on any atom is -0.478 e. The van der Waals surface area contributed by atoms with Gasteiger partial charge in [0.15, 0.2) is 0 Å². The van der Waals surface area contributed by atoms with E-state index in [0.29, 0.717) is 29.9 Å². The molecule has 0 saturated carbocycles. The highest BCUT2D eigenvalue weighted by Crippen LogP contribution is 2.24. The maximum absolute atomic E-state index is 12.2. The van der Waals surface area contributed by atoms with Crippen molar-refractivity contribution in [2.45, 2.75) is 6.42 Å². The SMILES string of the molecule is CN(CCC#N)c1ccc(NC(=O)c2ccccc2)cc1C(=O)O. The van der Waals surface area contributed by atoms with Crippen LogP contribution in [0.25, 0.3) is 0 Å². The minimum absolute atomic E-state index is 0.0706. The predicted octanol–water partition coefficient (Wildman–Crippen LogP) is 2.99. The van der Waals surface area contributed by atoms with Crippen LogP contribution in [0.15, 0.2) is 48.5 Å². The van der Waals surface area contributed by atoms with Crippen molar-refractivity contribution >= 4 is 23.3 Å². The second-order valence-corrected chi connectivity index (χ2v) is 5.19. The van der Waals surface area contributed by atoms with Gasteiger partial charge in [-0.1, -0.05) is 18.2 Å². The summed E-state index contributed by atoms with van der Waals surface area (Å²) in [7, 11) is 1.72. The van der Waals surface area contributed by atoms with Crippen molar-refractivity contribution in [3.8, 4) is 6.07 Å². The third kappa shape index (κ3) is 4.11. The number of carbonyl (C=O) groups is 2. The summed E-state index contributed by atoms with van der Waals surface area (Å²) >= 11 is 0. The van der Waals surface area contributed by atoms with Gasteiger partial charge >= 0.3 is 5.97 Å². The summed E-state index contributed by atoms with van der Waals surface area (Å²) in [4.78, 5) is 25.4. The number of hydrogen-bond acceptors (Lipinski definition) is 4. The molecule has 0 spiro atoms. The second kappa shape index (κ2) is 7.79. The Morgan fingerprint density at radius 3 is 2.54 bits per heavy atom. The Balaban J connectivity index is 2.24. The predicted molar refractivity (Wildman–Crippen MR) is 91.3 cm³/mol. The smallest absolute Gasteiger partial charge is 0.337 e. The van der Waals surface area contributed by atoms with Crippen LogP contribution in [-0.4, -0.2) is 30.6 Å². The van der Waals surface area contributed by atoms with Gasteiger partial charge in [0.25, 0.3) is 5.91 Å². The molecule has 6 heteroatoms.